The Kier molecular flexibility index (Phi) is 4.21. The quantitative estimate of drug-likeness (QED) is 0.704. The number of carbonyl (C=O) groups is 1. The van der Waals surface area contributed by atoms with Gasteiger partial charge in [-0.25, -0.2) is 14.2 Å². The molecular weight excluding hydrogens is 361 g/mol. The second kappa shape index (κ2) is 6.30. The Hall–Kier alpha value is -2.53. The van der Waals surface area contributed by atoms with Crippen LogP contribution in [0.2, 0.25) is 0 Å². The summed E-state index contributed by atoms with van der Waals surface area (Å²) in [4.78, 5) is 15.9. The van der Waals surface area contributed by atoms with E-state index < -0.39 is 5.97 Å². The van der Waals surface area contributed by atoms with Crippen LogP contribution in [0, 0.1) is 5.82 Å². The zero-order valence-corrected chi connectivity index (χ0v) is 13.4. The highest BCUT2D eigenvalue weighted by molar-refractivity contribution is 9.10. The minimum absolute atomic E-state index is 0.190. The lowest BCUT2D eigenvalue weighted by Gasteiger charge is -2.05. The summed E-state index contributed by atoms with van der Waals surface area (Å²) in [5.41, 5.74) is 2.13. The predicted molar refractivity (Wildman–Crippen MR) is 91.7 cm³/mol. The van der Waals surface area contributed by atoms with E-state index in [1.165, 1.54) is 18.2 Å². The Morgan fingerprint density at radius 1 is 1.09 bits per heavy atom. The Labute approximate surface area is 140 Å². The Balaban J connectivity index is 2.06. The van der Waals surface area contributed by atoms with E-state index in [1.807, 2.05) is 6.07 Å². The summed E-state index contributed by atoms with van der Waals surface area (Å²) in [7, 11) is 0. The molecule has 5 heteroatoms. The van der Waals surface area contributed by atoms with Gasteiger partial charge >= 0.3 is 5.97 Å². The van der Waals surface area contributed by atoms with Crippen molar-refractivity contribution in [2.24, 2.45) is 0 Å². The molecule has 3 aromatic rings. The first-order valence-electron chi connectivity index (χ1n) is 6.80. The van der Waals surface area contributed by atoms with Crippen molar-refractivity contribution in [3.05, 3.63) is 75.6 Å². The molecular formula is C18H11BrFNO2. The molecule has 1 heterocycles. The smallest absolute Gasteiger partial charge is 0.336 e. The van der Waals surface area contributed by atoms with Crippen LogP contribution < -0.4 is 0 Å². The minimum atomic E-state index is -1.01. The highest BCUT2D eigenvalue weighted by atomic mass is 79.9. The third kappa shape index (κ3) is 3.46. The number of pyridine rings is 1. The molecule has 1 N–H and O–H groups in total. The lowest BCUT2D eigenvalue weighted by atomic mass is 10.1. The number of benzene rings is 2. The molecule has 1 aromatic heterocycles. The number of hydrogen-bond acceptors (Lipinski definition) is 2. The Morgan fingerprint density at radius 2 is 1.83 bits per heavy atom. The van der Waals surface area contributed by atoms with E-state index in [1.54, 1.807) is 36.4 Å². The van der Waals surface area contributed by atoms with Gasteiger partial charge in [0, 0.05) is 9.86 Å². The summed E-state index contributed by atoms with van der Waals surface area (Å²) in [6, 6.07) is 12.9. The second-order valence-electron chi connectivity index (χ2n) is 4.95. The molecule has 0 unspecified atom stereocenters. The number of halogens is 2. The number of rotatable bonds is 3. The van der Waals surface area contributed by atoms with Crippen LogP contribution >= 0.6 is 15.9 Å². The summed E-state index contributed by atoms with van der Waals surface area (Å²) < 4.78 is 13.7. The summed E-state index contributed by atoms with van der Waals surface area (Å²) in [5.74, 6) is -1.31. The van der Waals surface area contributed by atoms with E-state index in [-0.39, 0.29) is 11.4 Å². The zero-order valence-electron chi connectivity index (χ0n) is 11.8. The second-order valence-corrected chi connectivity index (χ2v) is 5.86. The van der Waals surface area contributed by atoms with Crippen molar-refractivity contribution in [3.8, 4) is 0 Å². The van der Waals surface area contributed by atoms with Crippen molar-refractivity contribution in [2.45, 2.75) is 0 Å². The maximum Gasteiger partial charge on any atom is 0.336 e. The van der Waals surface area contributed by atoms with Crippen molar-refractivity contribution in [3.63, 3.8) is 0 Å². The minimum Gasteiger partial charge on any atom is -0.478 e. The van der Waals surface area contributed by atoms with E-state index in [4.69, 9.17) is 0 Å². The van der Waals surface area contributed by atoms with E-state index >= 15 is 0 Å². The maximum atomic E-state index is 12.9. The standard InChI is InChI=1S/C18H11BrFNO2/c19-12-4-8-17-15(9-12)16(18(22)23)10-14(21-17)7-3-11-1-5-13(20)6-2-11/h1-10H,(H,22,23)/b7-3+. The first-order valence-corrected chi connectivity index (χ1v) is 7.59. The van der Waals surface area contributed by atoms with Crippen molar-refractivity contribution in [1.82, 2.24) is 4.98 Å². The molecule has 0 aliphatic rings. The van der Waals surface area contributed by atoms with Gasteiger partial charge in [-0.05, 0) is 48.0 Å². The van der Waals surface area contributed by atoms with Gasteiger partial charge in [-0.2, -0.15) is 0 Å². The van der Waals surface area contributed by atoms with Crippen LogP contribution in [0.4, 0.5) is 4.39 Å². The highest BCUT2D eigenvalue weighted by Crippen LogP contribution is 2.23. The number of carboxylic acids is 1. The number of fused-ring (bicyclic) bond motifs is 1. The topological polar surface area (TPSA) is 50.2 Å². The number of carboxylic acid groups (broad SMARTS) is 1. The number of aromatic carboxylic acids is 1. The molecule has 0 saturated carbocycles. The molecule has 3 nitrogen and oxygen atoms in total. The third-order valence-electron chi connectivity index (χ3n) is 3.34. The van der Waals surface area contributed by atoms with Gasteiger partial charge in [0.05, 0.1) is 16.8 Å². The van der Waals surface area contributed by atoms with Crippen LogP contribution in [-0.2, 0) is 0 Å². The van der Waals surface area contributed by atoms with Gasteiger partial charge in [-0.1, -0.05) is 34.1 Å². The summed E-state index contributed by atoms with van der Waals surface area (Å²) in [6.45, 7) is 0. The van der Waals surface area contributed by atoms with Gasteiger partial charge in [0.25, 0.3) is 0 Å². The molecule has 114 valence electrons. The Bertz CT molecular complexity index is 920. The lowest BCUT2D eigenvalue weighted by Crippen LogP contribution is -2.00. The highest BCUT2D eigenvalue weighted by Gasteiger charge is 2.11. The monoisotopic (exact) mass is 371 g/mol. The summed E-state index contributed by atoms with van der Waals surface area (Å²) in [5, 5.41) is 9.98. The molecule has 3 rings (SSSR count). The molecule has 0 amide bonds. The van der Waals surface area contributed by atoms with E-state index in [0.29, 0.717) is 16.6 Å². The van der Waals surface area contributed by atoms with Gasteiger partial charge in [-0.15, -0.1) is 0 Å². The van der Waals surface area contributed by atoms with Crippen LogP contribution in [0.25, 0.3) is 23.1 Å². The molecule has 0 aliphatic carbocycles. The van der Waals surface area contributed by atoms with Crippen LogP contribution in [0.15, 0.2) is 53.0 Å². The van der Waals surface area contributed by atoms with Gasteiger partial charge in [0.2, 0.25) is 0 Å². The first-order chi connectivity index (χ1) is 11.0. The van der Waals surface area contributed by atoms with Crippen molar-refractivity contribution in [1.29, 1.82) is 0 Å². The zero-order chi connectivity index (χ0) is 16.4. The molecule has 2 aromatic carbocycles. The van der Waals surface area contributed by atoms with Gasteiger partial charge < -0.3 is 5.11 Å². The summed E-state index contributed by atoms with van der Waals surface area (Å²) in [6.07, 6.45) is 3.47. The molecule has 0 radical (unpaired) electrons. The SMILES string of the molecule is O=C(O)c1cc(/C=C/c2ccc(F)cc2)nc2ccc(Br)cc12. The van der Waals surface area contributed by atoms with Crippen molar-refractivity contribution >= 4 is 45.0 Å². The molecule has 0 atom stereocenters. The molecule has 0 saturated heterocycles. The molecule has 0 bridgehead atoms. The maximum absolute atomic E-state index is 12.9. The average molecular weight is 372 g/mol. The van der Waals surface area contributed by atoms with Crippen LogP contribution in [0.1, 0.15) is 21.6 Å². The van der Waals surface area contributed by atoms with Crippen molar-refractivity contribution < 1.29 is 14.3 Å². The fourth-order valence-corrected chi connectivity index (χ4v) is 2.60. The van der Waals surface area contributed by atoms with E-state index in [2.05, 4.69) is 20.9 Å². The summed E-state index contributed by atoms with van der Waals surface area (Å²) >= 11 is 3.34. The van der Waals surface area contributed by atoms with Crippen LogP contribution in [-0.4, -0.2) is 16.1 Å². The van der Waals surface area contributed by atoms with Gasteiger partial charge in [-0.3, -0.25) is 0 Å². The predicted octanol–water partition coefficient (Wildman–Crippen LogP) is 5.01. The van der Waals surface area contributed by atoms with E-state index in [9.17, 15) is 14.3 Å². The van der Waals surface area contributed by atoms with Crippen LogP contribution in [0.5, 0.6) is 0 Å². The lowest BCUT2D eigenvalue weighted by molar-refractivity contribution is 0.0699. The molecule has 0 fully saturated rings. The number of nitrogens with zero attached hydrogens (tertiary/aromatic N) is 1. The fourth-order valence-electron chi connectivity index (χ4n) is 2.24. The molecule has 23 heavy (non-hydrogen) atoms. The van der Waals surface area contributed by atoms with Gasteiger partial charge in [0.1, 0.15) is 5.82 Å². The van der Waals surface area contributed by atoms with E-state index in [0.717, 1.165) is 10.0 Å². The number of aromatic nitrogens is 1. The molecule has 0 spiro atoms. The normalized spacial score (nSPS) is 11.2. The van der Waals surface area contributed by atoms with Crippen LogP contribution in [0.3, 0.4) is 0 Å². The fraction of sp³-hybridized carbons (Fsp3) is 0. The largest absolute Gasteiger partial charge is 0.478 e. The molecule has 0 aliphatic heterocycles. The average Bonchev–Trinajstić information content (AvgIpc) is 2.53. The Morgan fingerprint density at radius 3 is 2.52 bits per heavy atom. The van der Waals surface area contributed by atoms with Gasteiger partial charge in [0.15, 0.2) is 0 Å². The number of hydrogen-bond donors (Lipinski definition) is 1. The van der Waals surface area contributed by atoms with Crippen molar-refractivity contribution in [2.75, 3.05) is 0 Å². The first kappa shape index (κ1) is 15.4. The third-order valence-corrected chi connectivity index (χ3v) is 3.83.